The SMILES string of the molecule is Cc1cc2oc(=O)cc(CN3C(=O)c4ccccc4S3(=O)=O)c2cc1Cl. The molecule has 26 heavy (non-hydrogen) atoms. The Morgan fingerprint density at radius 2 is 1.85 bits per heavy atom. The fourth-order valence-corrected chi connectivity index (χ4v) is 4.73. The molecular formula is C18H12ClNO5S. The summed E-state index contributed by atoms with van der Waals surface area (Å²) in [6.07, 6.45) is 0. The summed E-state index contributed by atoms with van der Waals surface area (Å²) < 4.78 is 31.4. The topological polar surface area (TPSA) is 84.7 Å². The van der Waals surface area contributed by atoms with Crippen LogP contribution < -0.4 is 5.63 Å². The van der Waals surface area contributed by atoms with Crippen LogP contribution in [0.4, 0.5) is 0 Å². The minimum absolute atomic E-state index is 0.0360. The van der Waals surface area contributed by atoms with Crippen LogP contribution in [0, 0.1) is 6.92 Å². The van der Waals surface area contributed by atoms with Gasteiger partial charge in [0.1, 0.15) is 10.5 Å². The van der Waals surface area contributed by atoms with Gasteiger partial charge in [0, 0.05) is 16.5 Å². The van der Waals surface area contributed by atoms with Crippen LogP contribution in [0.3, 0.4) is 0 Å². The number of halogens is 1. The Morgan fingerprint density at radius 3 is 2.58 bits per heavy atom. The minimum atomic E-state index is -3.98. The van der Waals surface area contributed by atoms with Gasteiger partial charge in [-0.15, -0.1) is 0 Å². The van der Waals surface area contributed by atoms with E-state index in [1.54, 1.807) is 31.2 Å². The third kappa shape index (κ3) is 2.43. The van der Waals surface area contributed by atoms with Gasteiger partial charge in [0.25, 0.3) is 15.9 Å². The van der Waals surface area contributed by atoms with Crippen LogP contribution in [0.25, 0.3) is 11.0 Å². The van der Waals surface area contributed by atoms with Crippen molar-refractivity contribution >= 4 is 38.5 Å². The van der Waals surface area contributed by atoms with E-state index in [0.29, 0.717) is 16.0 Å². The van der Waals surface area contributed by atoms with E-state index in [4.69, 9.17) is 16.0 Å². The van der Waals surface area contributed by atoms with Crippen molar-refractivity contribution in [3.8, 4) is 0 Å². The maximum atomic E-state index is 12.7. The average molecular weight is 390 g/mol. The van der Waals surface area contributed by atoms with Gasteiger partial charge in [-0.05, 0) is 42.3 Å². The van der Waals surface area contributed by atoms with Crippen LogP contribution in [0.15, 0.2) is 56.6 Å². The highest BCUT2D eigenvalue weighted by atomic mass is 35.5. The molecular weight excluding hydrogens is 378 g/mol. The normalized spacial score (nSPS) is 15.5. The van der Waals surface area contributed by atoms with Crippen LogP contribution in [-0.4, -0.2) is 18.6 Å². The van der Waals surface area contributed by atoms with Crippen LogP contribution in [-0.2, 0) is 16.6 Å². The summed E-state index contributed by atoms with van der Waals surface area (Å²) in [6.45, 7) is 1.48. The van der Waals surface area contributed by atoms with Crippen LogP contribution >= 0.6 is 11.6 Å². The summed E-state index contributed by atoms with van der Waals surface area (Å²) in [4.78, 5) is 24.4. The quantitative estimate of drug-likeness (QED) is 0.629. The Bertz CT molecular complexity index is 1250. The monoisotopic (exact) mass is 389 g/mol. The molecule has 1 amide bonds. The van der Waals surface area contributed by atoms with Gasteiger partial charge < -0.3 is 4.42 Å². The lowest BCUT2D eigenvalue weighted by Crippen LogP contribution is -2.29. The van der Waals surface area contributed by atoms with E-state index in [-0.39, 0.29) is 22.6 Å². The number of sulfonamides is 1. The van der Waals surface area contributed by atoms with Crippen molar-refractivity contribution in [3.05, 3.63) is 74.6 Å². The largest absolute Gasteiger partial charge is 0.423 e. The Labute approximate surface area is 153 Å². The van der Waals surface area contributed by atoms with Crippen molar-refractivity contribution in [1.82, 2.24) is 4.31 Å². The van der Waals surface area contributed by atoms with Crippen molar-refractivity contribution in [2.24, 2.45) is 0 Å². The summed E-state index contributed by atoms with van der Waals surface area (Å²) in [5.41, 5.74) is 0.847. The summed E-state index contributed by atoms with van der Waals surface area (Å²) in [7, 11) is -3.98. The number of rotatable bonds is 2. The van der Waals surface area contributed by atoms with Crippen molar-refractivity contribution in [2.75, 3.05) is 0 Å². The highest BCUT2D eigenvalue weighted by molar-refractivity contribution is 7.90. The lowest BCUT2D eigenvalue weighted by molar-refractivity contribution is 0.0865. The van der Waals surface area contributed by atoms with Gasteiger partial charge in [0.2, 0.25) is 0 Å². The van der Waals surface area contributed by atoms with E-state index in [9.17, 15) is 18.0 Å². The van der Waals surface area contributed by atoms with Gasteiger partial charge >= 0.3 is 5.63 Å². The van der Waals surface area contributed by atoms with E-state index >= 15 is 0 Å². The molecule has 2 aromatic carbocycles. The number of hydrogen-bond donors (Lipinski definition) is 0. The number of amides is 1. The number of fused-ring (bicyclic) bond motifs is 2. The molecule has 0 fully saturated rings. The average Bonchev–Trinajstić information content (AvgIpc) is 2.78. The number of carbonyl (C=O) groups is 1. The molecule has 132 valence electrons. The smallest absolute Gasteiger partial charge is 0.336 e. The van der Waals surface area contributed by atoms with E-state index < -0.39 is 21.6 Å². The maximum absolute atomic E-state index is 12.7. The lowest BCUT2D eigenvalue weighted by Gasteiger charge is -2.16. The number of hydrogen-bond acceptors (Lipinski definition) is 5. The molecule has 4 rings (SSSR count). The van der Waals surface area contributed by atoms with Crippen LogP contribution in [0.1, 0.15) is 21.5 Å². The van der Waals surface area contributed by atoms with Gasteiger partial charge in [0.15, 0.2) is 0 Å². The molecule has 0 atom stereocenters. The molecule has 0 bridgehead atoms. The van der Waals surface area contributed by atoms with Gasteiger partial charge in [-0.3, -0.25) is 4.79 Å². The second kappa shape index (κ2) is 5.69. The Kier molecular flexibility index (Phi) is 3.68. The Hall–Kier alpha value is -2.64. The predicted molar refractivity (Wildman–Crippen MR) is 95.7 cm³/mol. The van der Waals surface area contributed by atoms with Crippen molar-refractivity contribution in [1.29, 1.82) is 0 Å². The molecule has 6 nitrogen and oxygen atoms in total. The first kappa shape index (κ1) is 16.8. The molecule has 0 radical (unpaired) electrons. The van der Waals surface area contributed by atoms with Gasteiger partial charge in [-0.1, -0.05) is 23.7 Å². The van der Waals surface area contributed by atoms with Crippen molar-refractivity contribution in [2.45, 2.75) is 18.4 Å². The number of benzene rings is 2. The molecule has 0 saturated carbocycles. The maximum Gasteiger partial charge on any atom is 0.336 e. The van der Waals surface area contributed by atoms with E-state index in [1.807, 2.05) is 0 Å². The highest BCUT2D eigenvalue weighted by Crippen LogP contribution is 2.33. The summed E-state index contributed by atoms with van der Waals surface area (Å²) in [5, 5.41) is 0.936. The summed E-state index contributed by atoms with van der Waals surface area (Å²) in [5.74, 6) is -0.625. The molecule has 0 spiro atoms. The first-order chi connectivity index (χ1) is 12.3. The molecule has 3 aromatic rings. The third-order valence-electron chi connectivity index (χ3n) is 4.34. The molecule has 0 unspecified atom stereocenters. The van der Waals surface area contributed by atoms with Crippen molar-refractivity contribution in [3.63, 3.8) is 0 Å². The zero-order chi connectivity index (χ0) is 18.6. The fraction of sp³-hybridized carbons (Fsp3) is 0.111. The first-order valence-corrected chi connectivity index (χ1v) is 9.50. The number of carbonyl (C=O) groups excluding carboxylic acids is 1. The molecule has 1 aliphatic heterocycles. The zero-order valence-corrected chi connectivity index (χ0v) is 15.1. The molecule has 2 heterocycles. The zero-order valence-electron chi connectivity index (χ0n) is 13.5. The molecule has 1 aromatic heterocycles. The van der Waals surface area contributed by atoms with Gasteiger partial charge in [0.05, 0.1) is 12.1 Å². The van der Waals surface area contributed by atoms with Gasteiger partial charge in [-0.25, -0.2) is 17.5 Å². The Morgan fingerprint density at radius 1 is 1.12 bits per heavy atom. The summed E-state index contributed by atoms with van der Waals surface area (Å²) >= 11 is 6.16. The number of aryl methyl sites for hydroxylation is 1. The molecule has 1 aliphatic rings. The highest BCUT2D eigenvalue weighted by Gasteiger charge is 2.41. The Balaban J connectivity index is 1.88. The second-order valence-corrected chi connectivity index (χ2v) is 8.24. The van der Waals surface area contributed by atoms with Gasteiger partial charge in [-0.2, -0.15) is 0 Å². The van der Waals surface area contributed by atoms with Crippen molar-refractivity contribution < 1.29 is 17.6 Å². The molecule has 0 aliphatic carbocycles. The standard InChI is InChI=1S/C18H12ClNO5S/c1-10-6-15-13(8-14(10)19)11(7-17(21)25-15)9-20-18(22)12-4-2-3-5-16(12)26(20,23)24/h2-8H,9H2,1H3. The molecule has 0 N–H and O–H groups in total. The second-order valence-electron chi connectivity index (χ2n) is 6.00. The van der Waals surface area contributed by atoms with E-state index in [0.717, 1.165) is 9.87 Å². The first-order valence-electron chi connectivity index (χ1n) is 7.68. The lowest BCUT2D eigenvalue weighted by atomic mass is 10.1. The minimum Gasteiger partial charge on any atom is -0.423 e. The van der Waals surface area contributed by atoms with Crippen LogP contribution in [0.5, 0.6) is 0 Å². The van der Waals surface area contributed by atoms with Crippen LogP contribution in [0.2, 0.25) is 5.02 Å². The molecule has 8 heteroatoms. The number of nitrogens with zero attached hydrogens (tertiary/aromatic N) is 1. The summed E-state index contributed by atoms with van der Waals surface area (Å²) in [6, 6.07) is 10.4. The predicted octanol–water partition coefficient (Wildman–Crippen LogP) is 3.10. The fourth-order valence-electron chi connectivity index (χ4n) is 3.02. The van der Waals surface area contributed by atoms with E-state index in [1.165, 1.54) is 18.2 Å². The van der Waals surface area contributed by atoms with E-state index in [2.05, 4.69) is 0 Å². The third-order valence-corrected chi connectivity index (χ3v) is 6.53. The molecule has 0 saturated heterocycles.